The highest BCUT2D eigenvalue weighted by Gasteiger charge is 2.20. The molecule has 3 aromatic rings. The topological polar surface area (TPSA) is 112 Å². The van der Waals surface area contributed by atoms with Crippen molar-refractivity contribution in [2.75, 3.05) is 28.2 Å². The van der Waals surface area contributed by atoms with Crippen molar-refractivity contribution in [2.45, 2.75) is 25.7 Å². The minimum atomic E-state index is -0.500. The van der Waals surface area contributed by atoms with E-state index >= 15 is 0 Å². The molecule has 0 bridgehead atoms. The van der Waals surface area contributed by atoms with Crippen LogP contribution in [0, 0.1) is 0 Å². The number of benzene rings is 1. The zero-order chi connectivity index (χ0) is 21.9. The van der Waals surface area contributed by atoms with E-state index in [4.69, 9.17) is 0 Å². The number of nitrogens with zero attached hydrogens (tertiary/aromatic N) is 1. The first-order chi connectivity index (χ1) is 15.1. The molecule has 162 valence electrons. The number of carbonyl (C=O) groups excluding carboxylic acids is 1. The Morgan fingerprint density at radius 2 is 1.55 bits per heavy atom. The second-order valence-corrected chi connectivity index (χ2v) is 7.78. The Labute approximate surface area is 184 Å². The largest absolute Gasteiger partial charge is 0.380 e. The number of rotatable bonds is 12. The summed E-state index contributed by atoms with van der Waals surface area (Å²) in [5, 5.41) is 8.81. The molecule has 0 spiro atoms. The summed E-state index contributed by atoms with van der Waals surface area (Å²) in [6.45, 7) is 0.626. The Balaban J connectivity index is 1.25. The molecule has 0 aliphatic heterocycles. The van der Waals surface area contributed by atoms with E-state index in [0.717, 1.165) is 37.1 Å². The molecule has 8 nitrogen and oxygen atoms in total. The van der Waals surface area contributed by atoms with E-state index in [1.165, 1.54) is 11.9 Å². The highest BCUT2D eigenvalue weighted by molar-refractivity contribution is 7.97. The second kappa shape index (κ2) is 11.8. The molecule has 31 heavy (non-hydrogen) atoms. The summed E-state index contributed by atoms with van der Waals surface area (Å²) in [5.41, 5.74) is 1.16. The number of amides is 2. The van der Waals surface area contributed by atoms with Gasteiger partial charge in [0.25, 0.3) is 10.9 Å². The third-order valence-electron chi connectivity index (χ3n) is 4.53. The van der Waals surface area contributed by atoms with Crippen molar-refractivity contribution in [3.8, 4) is 0 Å². The number of nitrogens with one attached hydrogen (secondary N) is 4. The van der Waals surface area contributed by atoms with Crippen LogP contribution in [-0.4, -0.2) is 23.3 Å². The molecule has 0 fully saturated rings. The number of hydrogen-bond acceptors (Lipinski definition) is 7. The van der Waals surface area contributed by atoms with Crippen molar-refractivity contribution in [1.82, 2.24) is 9.71 Å². The van der Waals surface area contributed by atoms with Crippen molar-refractivity contribution in [3.63, 3.8) is 0 Å². The van der Waals surface area contributed by atoms with Crippen LogP contribution in [0.5, 0.6) is 0 Å². The predicted molar refractivity (Wildman–Crippen MR) is 127 cm³/mol. The number of hydrogen-bond donors (Lipinski definition) is 4. The SMILES string of the molecule is O=C(NSCCCCCCNc1c(Nc2ccncc2)c(=O)c1=O)Nc1ccccc1. The lowest BCUT2D eigenvalue weighted by molar-refractivity contribution is 0.257. The average molecular weight is 440 g/mol. The molecule has 2 aromatic carbocycles. The van der Waals surface area contributed by atoms with E-state index in [1.54, 1.807) is 24.5 Å². The van der Waals surface area contributed by atoms with Crippen LogP contribution >= 0.6 is 11.9 Å². The van der Waals surface area contributed by atoms with E-state index in [-0.39, 0.29) is 6.03 Å². The van der Waals surface area contributed by atoms with Gasteiger partial charge in [-0.05, 0) is 49.1 Å². The molecule has 1 aromatic heterocycles. The zero-order valence-electron chi connectivity index (χ0n) is 17.0. The molecule has 0 saturated heterocycles. The Bertz CT molecular complexity index is 1040. The molecule has 0 aliphatic carbocycles. The maximum atomic E-state index is 11.8. The highest BCUT2D eigenvalue weighted by atomic mass is 32.2. The summed E-state index contributed by atoms with van der Waals surface area (Å²) in [6.07, 6.45) is 7.11. The maximum Gasteiger partial charge on any atom is 0.329 e. The van der Waals surface area contributed by atoms with Gasteiger partial charge in [0.05, 0.1) is 0 Å². The lowest BCUT2D eigenvalue weighted by atomic mass is 10.1. The third kappa shape index (κ3) is 6.85. The van der Waals surface area contributed by atoms with Crippen LogP contribution in [0.25, 0.3) is 0 Å². The minimum absolute atomic E-state index is 0.232. The van der Waals surface area contributed by atoms with Gasteiger partial charge in [-0.25, -0.2) is 4.79 Å². The first-order valence-electron chi connectivity index (χ1n) is 10.1. The van der Waals surface area contributed by atoms with Gasteiger partial charge in [0.15, 0.2) is 0 Å². The minimum Gasteiger partial charge on any atom is -0.380 e. The van der Waals surface area contributed by atoms with E-state index in [2.05, 4.69) is 25.7 Å². The second-order valence-electron chi connectivity index (χ2n) is 6.88. The summed E-state index contributed by atoms with van der Waals surface area (Å²) < 4.78 is 2.77. The van der Waals surface area contributed by atoms with E-state index in [1.807, 2.05) is 30.3 Å². The van der Waals surface area contributed by atoms with Gasteiger partial charge in [0.2, 0.25) is 0 Å². The Morgan fingerprint density at radius 1 is 0.839 bits per heavy atom. The third-order valence-corrected chi connectivity index (χ3v) is 5.35. The maximum absolute atomic E-state index is 11.8. The first-order valence-corrected chi connectivity index (χ1v) is 11.1. The summed E-state index contributed by atoms with van der Waals surface area (Å²) >= 11 is 1.38. The Morgan fingerprint density at radius 3 is 2.32 bits per heavy atom. The van der Waals surface area contributed by atoms with Gasteiger partial charge in [0.1, 0.15) is 11.4 Å². The predicted octanol–water partition coefficient (Wildman–Crippen LogP) is 3.86. The Hall–Kier alpha value is -3.33. The fourth-order valence-electron chi connectivity index (χ4n) is 2.92. The molecule has 0 radical (unpaired) electrons. The number of anilines is 4. The number of aromatic nitrogens is 1. The smallest absolute Gasteiger partial charge is 0.329 e. The Kier molecular flexibility index (Phi) is 8.48. The monoisotopic (exact) mass is 439 g/mol. The van der Waals surface area contributed by atoms with Crippen molar-refractivity contribution >= 4 is 40.7 Å². The quantitative estimate of drug-likeness (QED) is 0.193. The number of para-hydroxylation sites is 1. The van der Waals surface area contributed by atoms with Gasteiger partial charge in [-0.15, -0.1) is 0 Å². The van der Waals surface area contributed by atoms with Crippen LogP contribution < -0.4 is 31.5 Å². The number of carbonyl (C=O) groups is 1. The van der Waals surface area contributed by atoms with Crippen molar-refractivity contribution in [3.05, 3.63) is 75.3 Å². The van der Waals surface area contributed by atoms with Crippen molar-refractivity contribution < 1.29 is 4.79 Å². The van der Waals surface area contributed by atoms with Gasteiger partial charge < -0.3 is 16.0 Å². The van der Waals surface area contributed by atoms with E-state index in [0.29, 0.717) is 23.6 Å². The van der Waals surface area contributed by atoms with Gasteiger partial charge in [0, 0.05) is 36.1 Å². The van der Waals surface area contributed by atoms with Crippen molar-refractivity contribution in [2.24, 2.45) is 0 Å². The van der Waals surface area contributed by atoms with Crippen LogP contribution in [0.15, 0.2) is 64.4 Å². The van der Waals surface area contributed by atoms with Gasteiger partial charge in [-0.2, -0.15) is 0 Å². The zero-order valence-corrected chi connectivity index (χ0v) is 17.8. The van der Waals surface area contributed by atoms with Gasteiger partial charge in [-0.1, -0.05) is 31.0 Å². The summed E-state index contributed by atoms with van der Waals surface area (Å²) in [4.78, 5) is 39.3. The van der Waals surface area contributed by atoms with Crippen LogP contribution in [0.1, 0.15) is 25.7 Å². The molecular formula is C22H25N5O3S. The highest BCUT2D eigenvalue weighted by Crippen LogP contribution is 2.20. The normalized spacial score (nSPS) is 10.6. The molecular weight excluding hydrogens is 414 g/mol. The first kappa shape index (κ1) is 22.4. The summed E-state index contributed by atoms with van der Waals surface area (Å²) in [5.74, 6) is 0.827. The summed E-state index contributed by atoms with van der Waals surface area (Å²) in [7, 11) is 0. The molecule has 9 heteroatoms. The molecule has 1 heterocycles. The molecule has 2 amide bonds. The molecule has 3 rings (SSSR count). The van der Waals surface area contributed by atoms with Crippen LogP contribution in [0.2, 0.25) is 0 Å². The number of unbranched alkanes of at least 4 members (excludes halogenated alkanes) is 3. The van der Waals surface area contributed by atoms with E-state index < -0.39 is 10.9 Å². The number of pyridine rings is 1. The van der Waals surface area contributed by atoms with Crippen molar-refractivity contribution in [1.29, 1.82) is 0 Å². The van der Waals surface area contributed by atoms with Crippen LogP contribution in [0.3, 0.4) is 0 Å². The fourth-order valence-corrected chi connectivity index (χ4v) is 3.55. The number of urea groups is 1. The van der Waals surface area contributed by atoms with Gasteiger partial charge >= 0.3 is 6.03 Å². The van der Waals surface area contributed by atoms with Crippen LogP contribution in [0.4, 0.5) is 27.5 Å². The molecule has 0 unspecified atom stereocenters. The molecule has 0 atom stereocenters. The lowest BCUT2D eigenvalue weighted by Crippen LogP contribution is -2.36. The average Bonchev–Trinajstić information content (AvgIpc) is 2.80. The molecule has 4 N–H and O–H groups in total. The molecule has 0 saturated carbocycles. The van der Waals surface area contributed by atoms with Crippen LogP contribution in [-0.2, 0) is 0 Å². The summed E-state index contributed by atoms with van der Waals surface area (Å²) in [6, 6.07) is 12.5. The van der Waals surface area contributed by atoms with Gasteiger partial charge in [-0.3, -0.25) is 19.3 Å². The fraction of sp³-hybridized carbons (Fsp3) is 0.273. The standard InChI is InChI=1S/C22H25N5O3S/c28-20-18(19(21(20)29)25-17-10-13-23-14-11-17)24-12-6-1-2-7-15-31-27-22(30)26-16-8-4-3-5-9-16/h3-5,8-11,13-14,24H,1-2,6-7,12,15H2,(H,23,25)(H2,26,27,30). The molecule has 0 aliphatic rings. The van der Waals surface area contributed by atoms with E-state index in [9.17, 15) is 14.4 Å². The lowest BCUT2D eigenvalue weighted by Gasteiger charge is -2.14.